The second kappa shape index (κ2) is 9.53. The van der Waals surface area contributed by atoms with Gasteiger partial charge < -0.3 is 14.4 Å². The summed E-state index contributed by atoms with van der Waals surface area (Å²) in [4.78, 5) is 19.2. The summed E-state index contributed by atoms with van der Waals surface area (Å²) in [6.07, 6.45) is 2.60. The summed E-state index contributed by atoms with van der Waals surface area (Å²) in [6.45, 7) is 7.24. The van der Waals surface area contributed by atoms with Gasteiger partial charge in [-0.2, -0.15) is 10.2 Å². The van der Waals surface area contributed by atoms with Crippen molar-refractivity contribution in [3.8, 4) is 12.1 Å². The number of hydrogen-bond donors (Lipinski definition) is 0. The lowest BCUT2D eigenvalue weighted by Gasteiger charge is -2.36. The van der Waals surface area contributed by atoms with Crippen molar-refractivity contribution in [1.82, 2.24) is 14.5 Å². The van der Waals surface area contributed by atoms with E-state index in [2.05, 4.69) is 6.07 Å². The highest BCUT2D eigenvalue weighted by molar-refractivity contribution is 5.76. The predicted molar refractivity (Wildman–Crippen MR) is 126 cm³/mol. The molecule has 0 radical (unpaired) electrons. The summed E-state index contributed by atoms with van der Waals surface area (Å²) < 4.78 is 13.9. The summed E-state index contributed by atoms with van der Waals surface area (Å²) in [6, 6.07) is 18.1. The smallest absolute Gasteiger partial charge is 0.410 e. The van der Waals surface area contributed by atoms with Crippen molar-refractivity contribution in [2.75, 3.05) is 13.2 Å². The highest BCUT2D eigenvalue weighted by atomic mass is 16.6. The van der Waals surface area contributed by atoms with Gasteiger partial charge >= 0.3 is 6.09 Å². The van der Waals surface area contributed by atoms with E-state index in [-0.39, 0.29) is 12.1 Å². The number of likely N-dealkylation sites (tertiary alicyclic amines) is 1. The molecule has 2 heterocycles. The van der Waals surface area contributed by atoms with Gasteiger partial charge in [-0.3, -0.25) is 4.57 Å². The molecule has 1 fully saturated rings. The van der Waals surface area contributed by atoms with Gasteiger partial charge in [0, 0.05) is 6.54 Å². The molecular formula is C26H30N4O3. The number of piperidine rings is 1. The number of ether oxygens (including phenoxy) is 2. The summed E-state index contributed by atoms with van der Waals surface area (Å²) in [7, 11) is 0. The fourth-order valence-electron chi connectivity index (χ4n) is 4.09. The number of para-hydroxylation sites is 2. The molecule has 1 atom stereocenters. The van der Waals surface area contributed by atoms with Crippen LogP contribution in [0.25, 0.3) is 11.0 Å². The fraction of sp³-hybridized carbons (Fsp3) is 0.423. The van der Waals surface area contributed by atoms with Crippen LogP contribution in [-0.4, -0.2) is 45.3 Å². The molecule has 7 nitrogen and oxygen atoms in total. The highest BCUT2D eigenvalue weighted by Crippen LogP contribution is 2.25. The first-order valence-corrected chi connectivity index (χ1v) is 11.4. The Morgan fingerprint density at radius 2 is 1.91 bits per heavy atom. The third-order valence-electron chi connectivity index (χ3n) is 5.70. The van der Waals surface area contributed by atoms with Gasteiger partial charge in [-0.15, -0.1) is 0 Å². The maximum atomic E-state index is 12.7. The number of rotatable bonds is 5. The molecule has 0 unspecified atom stereocenters. The first-order valence-electron chi connectivity index (χ1n) is 11.4. The Kier molecular flexibility index (Phi) is 6.55. The highest BCUT2D eigenvalue weighted by Gasteiger charge is 2.31. The van der Waals surface area contributed by atoms with Crippen LogP contribution in [0.1, 0.15) is 51.2 Å². The molecule has 0 saturated carbocycles. The maximum Gasteiger partial charge on any atom is 0.410 e. The number of aromatic nitrogens is 2. The zero-order valence-corrected chi connectivity index (χ0v) is 19.5. The van der Waals surface area contributed by atoms with Gasteiger partial charge in [0.2, 0.25) is 0 Å². The molecule has 33 heavy (non-hydrogen) atoms. The number of benzene rings is 2. The van der Waals surface area contributed by atoms with Gasteiger partial charge in [0.1, 0.15) is 12.2 Å². The van der Waals surface area contributed by atoms with E-state index in [1.807, 2.05) is 73.9 Å². The number of nitriles is 1. The number of carbonyl (C=O) groups is 1. The minimum absolute atomic E-state index is 0.0585. The fourth-order valence-corrected chi connectivity index (χ4v) is 4.09. The molecule has 1 aliphatic rings. The van der Waals surface area contributed by atoms with E-state index in [1.165, 1.54) is 0 Å². The van der Waals surface area contributed by atoms with E-state index in [1.54, 1.807) is 4.90 Å². The van der Waals surface area contributed by atoms with E-state index in [4.69, 9.17) is 19.7 Å². The first-order chi connectivity index (χ1) is 15.8. The summed E-state index contributed by atoms with van der Waals surface area (Å²) in [5.74, 6) is 0. The van der Waals surface area contributed by atoms with Crippen molar-refractivity contribution >= 4 is 17.1 Å². The minimum Gasteiger partial charge on any atom is -0.462 e. The summed E-state index contributed by atoms with van der Waals surface area (Å²) in [5, 5.41) is 9.07. The zero-order chi connectivity index (χ0) is 23.4. The quantitative estimate of drug-likeness (QED) is 0.543. The van der Waals surface area contributed by atoms with Crippen molar-refractivity contribution in [1.29, 1.82) is 5.26 Å². The average molecular weight is 447 g/mol. The van der Waals surface area contributed by atoms with Crippen LogP contribution in [0, 0.1) is 11.3 Å². The molecule has 7 heteroatoms. The second-order valence-corrected chi connectivity index (χ2v) is 9.41. The largest absolute Gasteiger partial charge is 0.462 e. The number of imidazole rings is 1. The number of fused-ring (bicyclic) bond motifs is 1. The predicted octanol–water partition coefficient (Wildman–Crippen LogP) is 5.12. The third kappa shape index (κ3) is 5.46. The van der Waals surface area contributed by atoms with Gasteiger partial charge in [0.05, 0.1) is 35.3 Å². The molecule has 0 aliphatic carbocycles. The van der Waals surface area contributed by atoms with Crippen LogP contribution in [0.3, 0.4) is 0 Å². The van der Waals surface area contributed by atoms with E-state index < -0.39 is 5.60 Å². The molecule has 0 bridgehead atoms. The molecule has 4 rings (SSSR count). The Morgan fingerprint density at radius 1 is 1.15 bits per heavy atom. The van der Waals surface area contributed by atoms with E-state index in [0.717, 1.165) is 35.9 Å². The van der Waals surface area contributed by atoms with Crippen LogP contribution >= 0.6 is 0 Å². The maximum absolute atomic E-state index is 12.7. The Bertz CT molecular complexity index is 1150. The molecular weight excluding hydrogens is 416 g/mol. The van der Waals surface area contributed by atoms with Crippen LogP contribution in [-0.2, 0) is 11.3 Å². The molecule has 0 spiro atoms. The number of nitrogens with zero attached hydrogens (tertiary/aromatic N) is 4. The first kappa shape index (κ1) is 22.7. The zero-order valence-electron chi connectivity index (χ0n) is 19.5. The lowest BCUT2D eigenvalue weighted by atomic mass is 10.0. The Balaban J connectivity index is 1.54. The molecule has 2 aromatic carbocycles. The number of amides is 1. The number of hydrogen-bond acceptors (Lipinski definition) is 5. The van der Waals surface area contributed by atoms with E-state index in [9.17, 15) is 4.79 Å². The lowest BCUT2D eigenvalue weighted by Crippen LogP contribution is -2.48. The Hall–Kier alpha value is -3.53. The van der Waals surface area contributed by atoms with Gasteiger partial charge in [0.25, 0.3) is 6.01 Å². The topological polar surface area (TPSA) is 80.4 Å². The van der Waals surface area contributed by atoms with Crippen molar-refractivity contribution in [3.05, 3.63) is 59.7 Å². The van der Waals surface area contributed by atoms with Crippen LogP contribution in [0.4, 0.5) is 4.79 Å². The van der Waals surface area contributed by atoms with Crippen LogP contribution in [0.2, 0.25) is 0 Å². The van der Waals surface area contributed by atoms with Crippen molar-refractivity contribution in [2.45, 2.75) is 58.2 Å². The molecule has 1 amide bonds. The van der Waals surface area contributed by atoms with Crippen molar-refractivity contribution < 1.29 is 14.3 Å². The van der Waals surface area contributed by atoms with E-state index in [0.29, 0.717) is 31.3 Å². The van der Waals surface area contributed by atoms with Gasteiger partial charge in [-0.05, 0) is 69.9 Å². The van der Waals surface area contributed by atoms with Crippen LogP contribution in [0.5, 0.6) is 6.01 Å². The van der Waals surface area contributed by atoms with Gasteiger partial charge in [-0.1, -0.05) is 24.3 Å². The lowest BCUT2D eigenvalue weighted by molar-refractivity contribution is 0.00290. The van der Waals surface area contributed by atoms with Crippen molar-refractivity contribution in [2.24, 2.45) is 0 Å². The second-order valence-electron chi connectivity index (χ2n) is 9.41. The third-order valence-corrected chi connectivity index (χ3v) is 5.70. The molecule has 3 aromatic rings. The monoisotopic (exact) mass is 446 g/mol. The molecule has 1 aromatic heterocycles. The Morgan fingerprint density at radius 3 is 2.64 bits per heavy atom. The summed E-state index contributed by atoms with van der Waals surface area (Å²) in [5.41, 5.74) is 2.98. The Labute approximate surface area is 194 Å². The minimum atomic E-state index is -0.533. The van der Waals surface area contributed by atoms with Crippen LogP contribution in [0.15, 0.2) is 48.5 Å². The van der Waals surface area contributed by atoms with Crippen LogP contribution < -0.4 is 4.74 Å². The standard InChI is InChI=1S/C26H30N4O3/c1-26(2,3)33-25(31)29-15-7-6-8-21(29)18-32-24-28-22-9-4-5-10-23(22)30(24)17-20-13-11-19(16-27)12-14-20/h4-5,9-14,21H,6-8,15,17-18H2,1-3H3/t21-/m0/s1. The summed E-state index contributed by atoms with van der Waals surface area (Å²) >= 11 is 0. The van der Waals surface area contributed by atoms with E-state index >= 15 is 0 Å². The molecule has 172 valence electrons. The molecule has 0 N–H and O–H groups in total. The van der Waals surface area contributed by atoms with Crippen molar-refractivity contribution in [3.63, 3.8) is 0 Å². The van der Waals surface area contributed by atoms with Gasteiger partial charge in [0.15, 0.2) is 0 Å². The normalized spacial score (nSPS) is 16.4. The number of carbonyl (C=O) groups excluding carboxylic acids is 1. The van der Waals surface area contributed by atoms with Gasteiger partial charge in [-0.25, -0.2) is 4.79 Å². The molecule has 1 aliphatic heterocycles. The molecule has 1 saturated heterocycles. The SMILES string of the molecule is CC(C)(C)OC(=O)N1CCCC[C@H]1COc1nc2ccccc2n1Cc1ccc(C#N)cc1. The average Bonchev–Trinajstić information content (AvgIpc) is 3.14.